The van der Waals surface area contributed by atoms with E-state index in [2.05, 4.69) is 4.74 Å². The summed E-state index contributed by atoms with van der Waals surface area (Å²) in [6.07, 6.45) is 0.780. The maximum atomic E-state index is 11.1. The van der Waals surface area contributed by atoms with Crippen molar-refractivity contribution in [2.24, 2.45) is 11.1 Å². The lowest BCUT2D eigenvalue weighted by molar-refractivity contribution is -0.151. The Hall–Kier alpha value is -0.280. The molecule has 0 aromatic carbocycles. The van der Waals surface area contributed by atoms with Gasteiger partial charge in [0.1, 0.15) is 0 Å². The molecule has 0 amide bonds. The molecule has 0 fully saturated rings. The van der Waals surface area contributed by atoms with Crippen LogP contribution in [0.2, 0.25) is 0 Å². The summed E-state index contributed by atoms with van der Waals surface area (Å²) in [5.41, 5.74) is 5.16. The summed E-state index contributed by atoms with van der Waals surface area (Å²) in [6.45, 7) is 5.55. The third-order valence-corrected chi connectivity index (χ3v) is 2.08. The zero-order valence-corrected chi connectivity index (χ0v) is 8.90. The van der Waals surface area contributed by atoms with Gasteiger partial charge in [0.15, 0.2) is 0 Å². The van der Waals surface area contributed by atoms with Crippen LogP contribution >= 0.6 is 12.4 Å². The van der Waals surface area contributed by atoms with E-state index >= 15 is 0 Å². The quantitative estimate of drug-likeness (QED) is 0.692. The average molecular weight is 196 g/mol. The summed E-state index contributed by atoms with van der Waals surface area (Å²) in [6, 6.07) is -0.130. The van der Waals surface area contributed by atoms with Gasteiger partial charge in [-0.05, 0) is 20.3 Å². The molecular formula is C8H18ClNO2. The van der Waals surface area contributed by atoms with Crippen molar-refractivity contribution < 1.29 is 9.53 Å². The van der Waals surface area contributed by atoms with Crippen LogP contribution in [0.5, 0.6) is 0 Å². The first-order valence-corrected chi connectivity index (χ1v) is 3.80. The van der Waals surface area contributed by atoms with E-state index in [4.69, 9.17) is 5.73 Å². The molecule has 0 aromatic rings. The number of halogens is 1. The SMILES string of the molecule is CC[C@@H](N)C(C)(C)C(=O)OC.Cl. The monoisotopic (exact) mass is 195 g/mol. The molecule has 74 valence electrons. The van der Waals surface area contributed by atoms with Gasteiger partial charge in [-0.15, -0.1) is 12.4 Å². The van der Waals surface area contributed by atoms with E-state index in [1.165, 1.54) is 7.11 Å². The van der Waals surface area contributed by atoms with Crippen molar-refractivity contribution in [2.45, 2.75) is 33.2 Å². The van der Waals surface area contributed by atoms with E-state index in [0.29, 0.717) is 0 Å². The second-order valence-electron chi connectivity index (χ2n) is 3.23. The van der Waals surface area contributed by atoms with Crippen molar-refractivity contribution in [2.75, 3.05) is 7.11 Å². The maximum absolute atomic E-state index is 11.1. The average Bonchev–Trinajstić information content (AvgIpc) is 2.01. The molecular weight excluding hydrogens is 178 g/mol. The van der Waals surface area contributed by atoms with E-state index in [1.807, 2.05) is 6.92 Å². The number of carbonyl (C=O) groups is 1. The molecule has 0 aromatic heterocycles. The molecule has 0 bridgehead atoms. The van der Waals surface area contributed by atoms with Gasteiger partial charge in [-0.1, -0.05) is 6.92 Å². The van der Waals surface area contributed by atoms with Crippen molar-refractivity contribution in [1.82, 2.24) is 0 Å². The Kier molecular flexibility index (Phi) is 6.39. The molecule has 12 heavy (non-hydrogen) atoms. The Morgan fingerprint density at radius 1 is 1.58 bits per heavy atom. The van der Waals surface area contributed by atoms with Crippen molar-refractivity contribution in [3.8, 4) is 0 Å². The fraction of sp³-hybridized carbons (Fsp3) is 0.875. The molecule has 0 aliphatic carbocycles. The van der Waals surface area contributed by atoms with Gasteiger partial charge in [0.25, 0.3) is 0 Å². The lowest BCUT2D eigenvalue weighted by Crippen LogP contribution is -2.43. The molecule has 0 rings (SSSR count). The Morgan fingerprint density at radius 3 is 2.25 bits per heavy atom. The first-order valence-electron chi connectivity index (χ1n) is 3.80. The van der Waals surface area contributed by atoms with Crippen molar-refractivity contribution >= 4 is 18.4 Å². The van der Waals surface area contributed by atoms with Gasteiger partial charge in [-0.3, -0.25) is 4.79 Å². The number of rotatable bonds is 3. The minimum absolute atomic E-state index is 0. The fourth-order valence-corrected chi connectivity index (χ4v) is 0.925. The van der Waals surface area contributed by atoms with Gasteiger partial charge in [0.05, 0.1) is 12.5 Å². The molecule has 1 atom stereocenters. The van der Waals surface area contributed by atoms with E-state index in [-0.39, 0.29) is 24.4 Å². The number of ether oxygens (including phenoxy) is 1. The fourth-order valence-electron chi connectivity index (χ4n) is 0.925. The third-order valence-electron chi connectivity index (χ3n) is 2.08. The van der Waals surface area contributed by atoms with Crippen molar-refractivity contribution in [3.05, 3.63) is 0 Å². The summed E-state index contributed by atoms with van der Waals surface area (Å²) in [5.74, 6) is -0.244. The number of esters is 1. The summed E-state index contributed by atoms with van der Waals surface area (Å²) < 4.78 is 4.62. The van der Waals surface area contributed by atoms with E-state index in [1.54, 1.807) is 13.8 Å². The standard InChI is InChI=1S/C8H17NO2.ClH/c1-5-6(9)8(2,3)7(10)11-4;/h6H,5,9H2,1-4H3;1H/t6-;/m1./s1. The normalized spacial score (nSPS) is 13.1. The van der Waals surface area contributed by atoms with Crippen LogP contribution in [0.1, 0.15) is 27.2 Å². The summed E-state index contributed by atoms with van der Waals surface area (Å²) in [4.78, 5) is 11.1. The third kappa shape index (κ3) is 2.99. The maximum Gasteiger partial charge on any atom is 0.312 e. The second-order valence-corrected chi connectivity index (χ2v) is 3.23. The van der Waals surface area contributed by atoms with Gasteiger partial charge in [0.2, 0.25) is 0 Å². The molecule has 4 heteroatoms. The molecule has 2 N–H and O–H groups in total. The molecule has 3 nitrogen and oxygen atoms in total. The number of methoxy groups -OCH3 is 1. The first-order chi connectivity index (χ1) is 4.96. The summed E-state index contributed by atoms with van der Waals surface area (Å²) >= 11 is 0. The minimum atomic E-state index is -0.566. The minimum Gasteiger partial charge on any atom is -0.469 e. The lowest BCUT2D eigenvalue weighted by Gasteiger charge is -2.27. The van der Waals surface area contributed by atoms with Gasteiger partial charge in [-0.25, -0.2) is 0 Å². The highest BCUT2D eigenvalue weighted by molar-refractivity contribution is 5.85. The van der Waals surface area contributed by atoms with E-state index < -0.39 is 5.41 Å². The number of hydrogen-bond acceptors (Lipinski definition) is 3. The molecule has 0 saturated heterocycles. The van der Waals surface area contributed by atoms with Crippen LogP contribution in [-0.2, 0) is 9.53 Å². The smallest absolute Gasteiger partial charge is 0.312 e. The Morgan fingerprint density at radius 2 is 2.00 bits per heavy atom. The van der Waals surface area contributed by atoms with E-state index in [0.717, 1.165) is 6.42 Å². The lowest BCUT2D eigenvalue weighted by atomic mass is 9.84. The van der Waals surface area contributed by atoms with Crippen LogP contribution in [0.3, 0.4) is 0 Å². The van der Waals surface area contributed by atoms with Crippen LogP contribution in [0.4, 0.5) is 0 Å². The number of carbonyl (C=O) groups excluding carboxylic acids is 1. The zero-order valence-electron chi connectivity index (χ0n) is 8.09. The van der Waals surface area contributed by atoms with E-state index in [9.17, 15) is 4.79 Å². The van der Waals surface area contributed by atoms with Gasteiger partial charge in [-0.2, -0.15) is 0 Å². The molecule has 0 aliphatic rings. The van der Waals surface area contributed by atoms with Gasteiger partial charge < -0.3 is 10.5 Å². The predicted octanol–water partition coefficient (Wildman–Crippen LogP) is 1.34. The molecule has 0 aliphatic heterocycles. The molecule has 0 heterocycles. The molecule has 0 radical (unpaired) electrons. The molecule has 0 saturated carbocycles. The highest BCUT2D eigenvalue weighted by Gasteiger charge is 2.34. The van der Waals surface area contributed by atoms with Crippen molar-refractivity contribution in [1.29, 1.82) is 0 Å². The van der Waals surface area contributed by atoms with Crippen LogP contribution in [-0.4, -0.2) is 19.1 Å². The number of nitrogens with two attached hydrogens (primary N) is 1. The Balaban J connectivity index is 0. The largest absolute Gasteiger partial charge is 0.469 e. The molecule has 0 unspecified atom stereocenters. The zero-order chi connectivity index (χ0) is 9.07. The summed E-state index contributed by atoms with van der Waals surface area (Å²) in [7, 11) is 1.38. The molecule has 0 spiro atoms. The van der Waals surface area contributed by atoms with Crippen LogP contribution < -0.4 is 5.73 Å². The van der Waals surface area contributed by atoms with Crippen LogP contribution in [0.15, 0.2) is 0 Å². The van der Waals surface area contributed by atoms with Crippen LogP contribution in [0, 0.1) is 5.41 Å². The summed E-state index contributed by atoms with van der Waals surface area (Å²) in [5, 5.41) is 0. The Bertz CT molecular complexity index is 148. The second kappa shape index (κ2) is 5.38. The van der Waals surface area contributed by atoms with Crippen LogP contribution in [0.25, 0.3) is 0 Å². The number of hydrogen-bond donors (Lipinski definition) is 1. The van der Waals surface area contributed by atoms with Crippen molar-refractivity contribution in [3.63, 3.8) is 0 Å². The Labute approximate surface area is 80.1 Å². The highest BCUT2D eigenvalue weighted by atomic mass is 35.5. The topological polar surface area (TPSA) is 52.3 Å². The highest BCUT2D eigenvalue weighted by Crippen LogP contribution is 2.22. The van der Waals surface area contributed by atoms with Gasteiger partial charge >= 0.3 is 5.97 Å². The predicted molar refractivity (Wildman–Crippen MR) is 51.3 cm³/mol. The van der Waals surface area contributed by atoms with Gasteiger partial charge in [0, 0.05) is 6.04 Å². The first kappa shape index (κ1) is 14.3.